The summed E-state index contributed by atoms with van der Waals surface area (Å²) in [6.45, 7) is -0.242. The second-order valence-corrected chi connectivity index (χ2v) is 11.3. The van der Waals surface area contributed by atoms with E-state index in [0.29, 0.717) is 23.5 Å². The summed E-state index contributed by atoms with van der Waals surface area (Å²) in [5, 5.41) is 0. The Balaban J connectivity index is 1.28. The molecule has 39 heavy (non-hydrogen) atoms. The summed E-state index contributed by atoms with van der Waals surface area (Å²) >= 11 is 0. The van der Waals surface area contributed by atoms with Crippen molar-refractivity contribution in [3.63, 3.8) is 0 Å². The second kappa shape index (κ2) is 12.2. The molecule has 3 nitrogen and oxygen atoms in total. The summed E-state index contributed by atoms with van der Waals surface area (Å²) < 4.78 is 39.7. The third-order valence-corrected chi connectivity index (χ3v) is 8.59. The van der Waals surface area contributed by atoms with Crippen LogP contribution in [0.4, 0.5) is 8.78 Å². The molecule has 1 unspecified atom stereocenters. The monoisotopic (exact) mass is 541 g/mol. The summed E-state index contributed by atoms with van der Waals surface area (Å²) in [6.07, 6.45) is 3.32. The fourth-order valence-electron chi connectivity index (χ4n) is 4.58. The zero-order valence-electron chi connectivity index (χ0n) is 21.2. The number of benzene rings is 4. The Hall–Kier alpha value is -4.08. The number of rotatable bonds is 7. The van der Waals surface area contributed by atoms with Gasteiger partial charge in [0.1, 0.15) is 17.4 Å². The fourth-order valence-corrected chi connectivity index (χ4v) is 6.69. The van der Waals surface area contributed by atoms with Crippen molar-refractivity contribution in [2.24, 2.45) is 0 Å². The van der Waals surface area contributed by atoms with Crippen LogP contribution in [-0.2, 0) is 20.4 Å². The molecule has 0 amide bonds. The predicted octanol–water partition coefficient (Wildman–Crippen LogP) is 7.35. The summed E-state index contributed by atoms with van der Waals surface area (Å²) in [7, 11) is -0.726. The molecule has 5 rings (SSSR count). The molecular weight excluding hydrogens is 514 g/mol. The minimum atomic E-state index is -0.787. The van der Waals surface area contributed by atoms with E-state index < -0.39 is 34.1 Å². The highest BCUT2D eigenvalue weighted by Crippen LogP contribution is 2.34. The van der Waals surface area contributed by atoms with Crippen molar-refractivity contribution in [2.75, 3.05) is 6.61 Å². The molecule has 1 fully saturated rings. The van der Waals surface area contributed by atoms with Gasteiger partial charge in [-0.05, 0) is 80.1 Å². The van der Waals surface area contributed by atoms with Crippen LogP contribution in [0.15, 0.2) is 118 Å². The van der Waals surface area contributed by atoms with Gasteiger partial charge < -0.3 is 9.47 Å². The van der Waals surface area contributed by atoms with Crippen molar-refractivity contribution in [1.29, 1.82) is 0 Å². The molecule has 1 aliphatic carbocycles. The maximum atomic E-state index is 14.1. The first kappa shape index (κ1) is 26.5. The molecule has 1 atom stereocenters. The first-order chi connectivity index (χ1) is 19.0. The number of hydrogen-bond acceptors (Lipinski definition) is 3. The van der Waals surface area contributed by atoms with Crippen LogP contribution in [0, 0.1) is 23.5 Å². The van der Waals surface area contributed by atoms with Gasteiger partial charge in [-0.1, -0.05) is 42.3 Å². The van der Waals surface area contributed by atoms with Crippen LogP contribution in [0.3, 0.4) is 0 Å². The van der Waals surface area contributed by atoms with Gasteiger partial charge in [-0.3, -0.25) is 0 Å². The molecular formula is C33H27F2O3S+. The van der Waals surface area contributed by atoms with Crippen molar-refractivity contribution in [1.82, 2.24) is 0 Å². The topological polar surface area (TPSA) is 35.5 Å². The van der Waals surface area contributed by atoms with E-state index >= 15 is 0 Å². The van der Waals surface area contributed by atoms with Crippen LogP contribution in [0.25, 0.3) is 0 Å². The molecule has 1 saturated carbocycles. The molecule has 0 N–H and O–H groups in total. The number of carbonyl (C=O) groups is 1. The van der Waals surface area contributed by atoms with Crippen LogP contribution in [0.1, 0.15) is 31.2 Å². The largest absolute Gasteiger partial charge is 0.482 e. The summed E-state index contributed by atoms with van der Waals surface area (Å²) in [5.74, 6) is 5.13. The van der Waals surface area contributed by atoms with E-state index in [-0.39, 0.29) is 6.61 Å². The normalized spacial score (nSPS) is 14.6. The molecule has 4 aromatic rings. The molecule has 6 heteroatoms. The number of hydrogen-bond donors (Lipinski definition) is 0. The lowest BCUT2D eigenvalue weighted by Gasteiger charge is -2.23. The summed E-state index contributed by atoms with van der Waals surface area (Å²) in [4.78, 5) is 15.0. The van der Waals surface area contributed by atoms with Gasteiger partial charge in [0.15, 0.2) is 26.9 Å². The van der Waals surface area contributed by atoms with Crippen LogP contribution in [0.2, 0.25) is 0 Å². The third-order valence-electron chi connectivity index (χ3n) is 6.40. The minimum Gasteiger partial charge on any atom is -0.482 e. The smallest absolute Gasteiger partial charge is 0.345 e. The van der Waals surface area contributed by atoms with Crippen molar-refractivity contribution < 1.29 is 23.0 Å². The van der Waals surface area contributed by atoms with Gasteiger partial charge in [-0.25, -0.2) is 13.6 Å². The molecule has 1 aliphatic rings. The average Bonchev–Trinajstić information content (AvgIpc) is 3.41. The highest BCUT2D eigenvalue weighted by molar-refractivity contribution is 7.97. The number of carbonyl (C=O) groups excluding carboxylic acids is 1. The Morgan fingerprint density at radius 1 is 0.769 bits per heavy atom. The Labute approximate surface area is 230 Å². The first-order valence-electron chi connectivity index (χ1n) is 12.8. The van der Waals surface area contributed by atoms with Gasteiger partial charge in [0, 0.05) is 23.8 Å². The maximum Gasteiger partial charge on any atom is 0.345 e. The zero-order valence-corrected chi connectivity index (χ0v) is 22.1. The van der Waals surface area contributed by atoms with Gasteiger partial charge in [0.2, 0.25) is 0 Å². The Kier molecular flexibility index (Phi) is 8.29. The Morgan fingerprint density at radius 3 is 2.00 bits per heavy atom. The van der Waals surface area contributed by atoms with E-state index in [0.717, 1.165) is 34.3 Å². The van der Waals surface area contributed by atoms with E-state index in [1.807, 2.05) is 72.8 Å². The second-order valence-electron chi connectivity index (χ2n) is 9.28. The molecule has 4 aromatic carbocycles. The molecule has 0 aliphatic heterocycles. The summed E-state index contributed by atoms with van der Waals surface area (Å²) in [6, 6.07) is 30.0. The lowest BCUT2D eigenvalue weighted by atomic mass is 10.0. The highest BCUT2D eigenvalue weighted by Gasteiger charge is 2.36. The highest BCUT2D eigenvalue weighted by atomic mass is 32.2. The third kappa shape index (κ3) is 6.87. The molecule has 0 radical (unpaired) electrons. The van der Waals surface area contributed by atoms with Crippen LogP contribution in [0.5, 0.6) is 5.75 Å². The SMILES string of the molecule is O=C(COc1ccc([S+](c2ccccc2)c2cc(F)cc(F)c2)cc1)OC1(C#Cc2ccccc2)CCCC1. The Bertz CT molecular complexity index is 1450. The van der Waals surface area contributed by atoms with Gasteiger partial charge in [-0.2, -0.15) is 0 Å². The average molecular weight is 542 g/mol. The van der Waals surface area contributed by atoms with Crippen LogP contribution in [-0.4, -0.2) is 18.2 Å². The minimum absolute atomic E-state index is 0.242. The molecule has 0 spiro atoms. The van der Waals surface area contributed by atoms with Crippen molar-refractivity contribution >= 4 is 16.9 Å². The van der Waals surface area contributed by atoms with Crippen molar-refractivity contribution in [2.45, 2.75) is 46.0 Å². The molecule has 196 valence electrons. The number of esters is 1. The van der Waals surface area contributed by atoms with E-state index in [2.05, 4.69) is 11.8 Å². The van der Waals surface area contributed by atoms with Crippen LogP contribution < -0.4 is 4.74 Å². The maximum absolute atomic E-state index is 14.1. The van der Waals surface area contributed by atoms with Gasteiger partial charge in [0.05, 0.1) is 10.9 Å². The van der Waals surface area contributed by atoms with E-state index in [1.54, 1.807) is 12.1 Å². The predicted molar refractivity (Wildman–Crippen MR) is 148 cm³/mol. The number of halogens is 2. The quantitative estimate of drug-likeness (QED) is 0.139. The van der Waals surface area contributed by atoms with Crippen LogP contribution >= 0.6 is 0 Å². The standard InChI is InChI=1S/C33H27F2O3S/c34-26-21-27(35)23-31(22-26)39(29-11-5-2-6-12-29)30-15-13-28(14-16-30)37-24-32(36)38-33(18-7-8-19-33)20-17-25-9-3-1-4-10-25/h1-6,9-16,21-23H,7-8,18-19,24H2/q+1. The van der Waals surface area contributed by atoms with E-state index in [1.165, 1.54) is 12.1 Å². The molecule has 0 heterocycles. The molecule has 0 saturated heterocycles. The van der Waals surface area contributed by atoms with Gasteiger partial charge in [0.25, 0.3) is 0 Å². The molecule has 0 bridgehead atoms. The Morgan fingerprint density at radius 2 is 1.36 bits per heavy atom. The first-order valence-corrected chi connectivity index (χ1v) is 14.0. The molecule has 0 aromatic heterocycles. The zero-order chi connectivity index (χ0) is 27.1. The van der Waals surface area contributed by atoms with Gasteiger partial charge >= 0.3 is 5.97 Å². The summed E-state index contributed by atoms with van der Waals surface area (Å²) in [5.41, 5.74) is 0.0939. The lowest BCUT2D eigenvalue weighted by Crippen LogP contribution is -2.32. The van der Waals surface area contributed by atoms with Crippen molar-refractivity contribution in [3.05, 3.63) is 120 Å². The fraction of sp³-hybridized carbons (Fsp3) is 0.182. The van der Waals surface area contributed by atoms with Crippen molar-refractivity contribution in [3.8, 4) is 17.6 Å². The number of ether oxygens (including phenoxy) is 2. The lowest BCUT2D eigenvalue weighted by molar-refractivity contribution is -0.156. The van der Waals surface area contributed by atoms with E-state index in [9.17, 15) is 13.6 Å². The van der Waals surface area contributed by atoms with Gasteiger partial charge in [-0.15, -0.1) is 0 Å². The van der Waals surface area contributed by atoms with E-state index in [4.69, 9.17) is 9.47 Å².